The third-order valence-electron chi connectivity index (χ3n) is 2.76. The summed E-state index contributed by atoms with van der Waals surface area (Å²) in [7, 11) is 0. The maximum absolute atomic E-state index is 14.1. The fraction of sp³-hybridized carbons (Fsp3) is 0. The molecule has 1 heterocycles. The van der Waals surface area contributed by atoms with Gasteiger partial charge < -0.3 is 10.2 Å². The van der Waals surface area contributed by atoms with E-state index in [1.807, 2.05) is 6.07 Å². The van der Waals surface area contributed by atoms with Crippen LogP contribution in [0.4, 0.5) is 10.1 Å². The van der Waals surface area contributed by atoms with Crippen molar-refractivity contribution in [2.75, 3.05) is 5.73 Å². The zero-order valence-corrected chi connectivity index (χ0v) is 12.8. The first kappa shape index (κ1) is 13.9. The number of rotatable bonds is 2. The van der Waals surface area contributed by atoms with E-state index in [2.05, 4.69) is 20.9 Å². The minimum Gasteiger partial charge on any atom is -0.431 e. The number of hydrogen-bond donors (Lipinski definition) is 1. The number of nitrogens with zero attached hydrogens (tertiary/aromatic N) is 2. The van der Waals surface area contributed by atoms with Crippen LogP contribution in [0.5, 0.6) is 0 Å². The van der Waals surface area contributed by atoms with Crippen LogP contribution < -0.4 is 5.73 Å². The van der Waals surface area contributed by atoms with Gasteiger partial charge in [-0.15, -0.1) is 0 Å². The zero-order valence-electron chi connectivity index (χ0n) is 10.4. The van der Waals surface area contributed by atoms with Gasteiger partial charge in [-0.2, -0.15) is 5.26 Å². The minimum atomic E-state index is -0.513. The van der Waals surface area contributed by atoms with Crippen LogP contribution in [0.15, 0.2) is 49.3 Å². The van der Waals surface area contributed by atoms with Crippen molar-refractivity contribution in [3.05, 3.63) is 46.2 Å². The molecule has 0 bridgehead atoms. The molecule has 0 unspecified atom stereocenters. The molecule has 0 radical (unpaired) electrons. The summed E-state index contributed by atoms with van der Waals surface area (Å²) in [6.45, 7) is 0. The van der Waals surface area contributed by atoms with Crippen LogP contribution in [-0.4, -0.2) is 4.98 Å². The molecule has 0 amide bonds. The third-order valence-corrected chi connectivity index (χ3v) is 4.42. The first-order valence-corrected chi connectivity index (χ1v) is 7.41. The summed E-state index contributed by atoms with van der Waals surface area (Å²) >= 11 is 4.12. The summed E-state index contributed by atoms with van der Waals surface area (Å²) in [6.07, 6.45) is 0. The summed E-state index contributed by atoms with van der Waals surface area (Å²) in [5, 5.41) is 9.16. The van der Waals surface area contributed by atoms with E-state index >= 15 is 0 Å². The van der Waals surface area contributed by atoms with Crippen molar-refractivity contribution in [1.29, 1.82) is 5.26 Å². The van der Waals surface area contributed by atoms with E-state index in [1.165, 1.54) is 12.1 Å². The highest BCUT2D eigenvalue weighted by Crippen LogP contribution is 2.35. The number of fused-ring (bicyclic) bond motifs is 1. The Hall–Kier alpha value is -2.04. The normalized spacial score (nSPS) is 10.7. The number of benzene rings is 2. The van der Waals surface area contributed by atoms with Gasteiger partial charge >= 0.3 is 0 Å². The number of anilines is 1. The van der Waals surface area contributed by atoms with Crippen LogP contribution in [0.2, 0.25) is 0 Å². The average molecular weight is 364 g/mol. The molecule has 4 nitrogen and oxygen atoms in total. The van der Waals surface area contributed by atoms with Crippen molar-refractivity contribution >= 4 is 44.5 Å². The van der Waals surface area contributed by atoms with E-state index in [4.69, 9.17) is 15.4 Å². The number of nitrogen functional groups attached to an aromatic ring is 1. The fourth-order valence-corrected chi connectivity index (χ4v) is 3.11. The number of hydrogen-bond acceptors (Lipinski definition) is 5. The summed E-state index contributed by atoms with van der Waals surface area (Å²) in [4.78, 5) is 4.57. The molecule has 7 heteroatoms. The van der Waals surface area contributed by atoms with E-state index in [-0.39, 0.29) is 10.0 Å². The van der Waals surface area contributed by atoms with Gasteiger partial charge in [-0.25, -0.2) is 9.37 Å². The number of nitrogens with two attached hydrogens (primary N) is 1. The average Bonchev–Trinajstić information content (AvgIpc) is 2.85. The second-order valence-corrected chi connectivity index (χ2v) is 5.95. The Kier molecular flexibility index (Phi) is 3.57. The molecule has 1 aromatic heterocycles. The lowest BCUT2D eigenvalue weighted by Crippen LogP contribution is -1.87. The van der Waals surface area contributed by atoms with Gasteiger partial charge in [-0.1, -0.05) is 0 Å². The highest BCUT2D eigenvalue weighted by Gasteiger charge is 2.15. The molecule has 0 saturated carbocycles. The molecule has 0 fully saturated rings. The van der Waals surface area contributed by atoms with E-state index in [1.54, 1.807) is 18.2 Å². The van der Waals surface area contributed by atoms with Crippen LogP contribution in [-0.2, 0) is 0 Å². The Labute approximate surface area is 131 Å². The standard InChI is InChI=1S/C14H7BrFN3OS/c15-12-7(6-17)1-4-11(13(12)16)21-14-19-9-5-8(18)2-3-10(9)20-14/h1-5H,18H2. The molecule has 3 rings (SSSR count). The second-order valence-electron chi connectivity index (χ2n) is 4.16. The van der Waals surface area contributed by atoms with Crippen molar-refractivity contribution in [2.24, 2.45) is 0 Å². The Bertz CT molecular complexity index is 888. The molecule has 0 aliphatic rings. The first-order chi connectivity index (χ1) is 10.1. The molecule has 0 aliphatic carbocycles. The van der Waals surface area contributed by atoms with Crippen LogP contribution >= 0.6 is 27.7 Å². The van der Waals surface area contributed by atoms with Crippen molar-refractivity contribution in [3.8, 4) is 6.07 Å². The van der Waals surface area contributed by atoms with Crippen molar-refractivity contribution in [1.82, 2.24) is 4.98 Å². The molecule has 0 spiro atoms. The summed E-state index contributed by atoms with van der Waals surface area (Å²) in [6, 6.07) is 10.1. The lowest BCUT2D eigenvalue weighted by atomic mass is 10.2. The van der Waals surface area contributed by atoms with Crippen molar-refractivity contribution in [2.45, 2.75) is 10.1 Å². The number of aromatic nitrogens is 1. The molecule has 3 aromatic rings. The molecule has 2 aromatic carbocycles. The van der Waals surface area contributed by atoms with Gasteiger partial charge in [0.2, 0.25) is 0 Å². The zero-order chi connectivity index (χ0) is 15.0. The predicted molar refractivity (Wildman–Crippen MR) is 81.4 cm³/mol. The molecular weight excluding hydrogens is 357 g/mol. The minimum absolute atomic E-state index is 0.135. The molecule has 0 atom stereocenters. The molecule has 0 saturated heterocycles. The van der Waals surface area contributed by atoms with Gasteiger partial charge in [-0.05, 0) is 58.0 Å². The van der Waals surface area contributed by atoms with Gasteiger partial charge in [0.05, 0.1) is 14.9 Å². The fourth-order valence-electron chi connectivity index (χ4n) is 1.76. The van der Waals surface area contributed by atoms with Crippen LogP contribution in [0.3, 0.4) is 0 Å². The summed E-state index contributed by atoms with van der Waals surface area (Å²) < 4.78 is 19.8. The van der Waals surface area contributed by atoms with E-state index in [0.717, 1.165) is 11.8 Å². The Balaban J connectivity index is 1.99. The van der Waals surface area contributed by atoms with E-state index < -0.39 is 5.82 Å². The lowest BCUT2D eigenvalue weighted by Gasteiger charge is -2.02. The van der Waals surface area contributed by atoms with Gasteiger partial charge in [0.15, 0.2) is 11.4 Å². The molecule has 21 heavy (non-hydrogen) atoms. The van der Waals surface area contributed by atoms with Gasteiger partial charge in [0, 0.05) is 5.69 Å². The summed E-state index contributed by atoms with van der Waals surface area (Å²) in [5.74, 6) is -0.513. The second kappa shape index (κ2) is 5.39. The topological polar surface area (TPSA) is 75.8 Å². The van der Waals surface area contributed by atoms with Crippen molar-refractivity contribution in [3.63, 3.8) is 0 Å². The number of nitriles is 1. The Morgan fingerprint density at radius 1 is 1.33 bits per heavy atom. The van der Waals surface area contributed by atoms with Gasteiger partial charge in [0.25, 0.3) is 5.22 Å². The smallest absolute Gasteiger partial charge is 0.261 e. The Morgan fingerprint density at radius 3 is 2.90 bits per heavy atom. The van der Waals surface area contributed by atoms with E-state index in [9.17, 15) is 4.39 Å². The van der Waals surface area contributed by atoms with Crippen molar-refractivity contribution < 1.29 is 8.81 Å². The lowest BCUT2D eigenvalue weighted by molar-refractivity contribution is 0.488. The van der Waals surface area contributed by atoms with Crippen LogP contribution in [0, 0.1) is 17.1 Å². The monoisotopic (exact) mass is 363 g/mol. The summed E-state index contributed by atoms with van der Waals surface area (Å²) in [5.41, 5.74) is 7.70. The van der Waals surface area contributed by atoms with E-state index in [0.29, 0.717) is 26.9 Å². The van der Waals surface area contributed by atoms with Crippen LogP contribution in [0.25, 0.3) is 11.1 Å². The maximum Gasteiger partial charge on any atom is 0.261 e. The molecule has 2 N–H and O–H groups in total. The molecule has 0 aliphatic heterocycles. The highest BCUT2D eigenvalue weighted by molar-refractivity contribution is 9.10. The molecular formula is C14H7BrFN3OS. The SMILES string of the molecule is N#Cc1ccc(Sc2nc3cc(N)ccc3o2)c(F)c1Br. The quantitative estimate of drug-likeness (QED) is 0.685. The maximum atomic E-state index is 14.1. The molecule has 104 valence electrons. The van der Waals surface area contributed by atoms with Gasteiger partial charge in [-0.3, -0.25) is 0 Å². The third kappa shape index (κ3) is 2.60. The largest absolute Gasteiger partial charge is 0.431 e. The predicted octanol–water partition coefficient (Wildman–Crippen LogP) is 4.33. The van der Waals surface area contributed by atoms with Gasteiger partial charge in [0.1, 0.15) is 11.6 Å². The highest BCUT2D eigenvalue weighted by atomic mass is 79.9. The number of oxazole rings is 1. The number of halogens is 2. The first-order valence-electron chi connectivity index (χ1n) is 5.80. The van der Waals surface area contributed by atoms with Crippen LogP contribution in [0.1, 0.15) is 5.56 Å². The Morgan fingerprint density at radius 2 is 2.14 bits per heavy atom.